The van der Waals surface area contributed by atoms with E-state index in [1.807, 2.05) is 0 Å². The molecule has 0 aromatic rings. The first-order valence-electron chi connectivity index (χ1n) is 35.4. The average molecular weight is 1450 g/mol. The van der Waals surface area contributed by atoms with E-state index in [1.165, 1.54) is 70.6 Å². The Balaban J connectivity index is 1.30. The maximum Gasteiger partial charge on any atom is 0.472 e. The van der Waals surface area contributed by atoms with E-state index in [-0.39, 0.29) is 12.8 Å². The average Bonchev–Trinajstić information content (AvgIpc) is 0.767. The van der Waals surface area contributed by atoms with Gasteiger partial charge in [-0.05, 0) is 12.8 Å². The van der Waals surface area contributed by atoms with Gasteiger partial charge in [0, 0.05) is 12.8 Å². The maximum absolute atomic E-state index is 14.4. The Bertz CT molecular complexity index is 2210. The van der Waals surface area contributed by atoms with Gasteiger partial charge in [-0.1, -0.05) is 162 Å². The molecule has 0 radical (unpaired) electrons. The lowest BCUT2D eigenvalue weighted by molar-refractivity contribution is -0.365. The molecule has 0 bridgehead atoms. The molecule has 1 saturated carbocycles. The van der Waals surface area contributed by atoms with Crippen LogP contribution in [0.2, 0.25) is 0 Å². The fourth-order valence-electron chi connectivity index (χ4n) is 12.4. The summed E-state index contributed by atoms with van der Waals surface area (Å²) in [5, 5.41) is 183. The Kier molecular flexibility index (Phi) is 40.2. The van der Waals surface area contributed by atoms with Crippen molar-refractivity contribution in [3.8, 4) is 0 Å². The van der Waals surface area contributed by atoms with Crippen LogP contribution in [-0.4, -0.2) is 309 Å². The summed E-state index contributed by atoms with van der Waals surface area (Å²) in [7, 11) is -5.81. The third-order valence-corrected chi connectivity index (χ3v) is 19.6. The van der Waals surface area contributed by atoms with Crippen molar-refractivity contribution in [2.45, 2.75) is 353 Å². The first-order valence-corrected chi connectivity index (χ1v) is 36.9. The van der Waals surface area contributed by atoms with E-state index in [4.69, 9.17) is 56.4 Å². The van der Waals surface area contributed by atoms with Gasteiger partial charge in [-0.15, -0.1) is 0 Å². The highest BCUT2D eigenvalue weighted by Gasteiger charge is 2.59. The second kappa shape index (κ2) is 45.4. The van der Waals surface area contributed by atoms with E-state index in [1.54, 1.807) is 0 Å². The molecule has 4 saturated heterocycles. The van der Waals surface area contributed by atoms with Crippen LogP contribution in [0.15, 0.2) is 0 Å². The van der Waals surface area contributed by atoms with Gasteiger partial charge in [-0.3, -0.25) is 18.6 Å². The zero-order valence-electron chi connectivity index (χ0n) is 56.5. The van der Waals surface area contributed by atoms with Crippen LogP contribution in [0.4, 0.5) is 0 Å². The summed E-state index contributed by atoms with van der Waals surface area (Å²) in [6.07, 6.45) is -29.8. The molecule has 33 nitrogen and oxygen atoms in total. The Morgan fingerprint density at radius 2 is 0.673 bits per heavy atom. The van der Waals surface area contributed by atoms with Crippen LogP contribution in [-0.2, 0) is 70.6 Å². The molecule has 0 aromatic heterocycles. The standard InChI is InChI=1S/C64H117O33P/c1-3-5-7-9-11-13-15-16-17-19-20-22-24-26-28-41(67)86-32-36(90-42(68)29-27-25-23-21-18-14-12-10-8-6-4-2)33-89-98(84,85)97-60-58(95-63-56(82)48(74)44(70)38(31-66)92-63)52(78)51(77)53(79)59(60)96-64-57(83)50(76)46(72)40(94-64)35-88-62-55(81)49(75)45(71)39(93-62)34-87-61-54(80)47(73)43(69)37(30-65)91-61/h36-40,43-66,69-83H,3-35H2,1-2H3,(H,84,85)/t36-,37?,38?,39?,40?,43+,44-,45+,46+,47?,48?,49?,50?,51+,52?,53?,54+,55+,56-,57+,58-,59?,60+,61-,62-,63-,64+/m1/s1. The predicted octanol–water partition coefficient (Wildman–Crippen LogP) is -1.37. The van der Waals surface area contributed by atoms with Crippen LogP contribution in [0.5, 0.6) is 0 Å². The minimum absolute atomic E-state index is 0.00140. The van der Waals surface area contributed by atoms with E-state index in [2.05, 4.69) is 13.8 Å². The summed E-state index contributed by atoms with van der Waals surface area (Å²) < 4.78 is 81.3. The third kappa shape index (κ3) is 27.2. The maximum atomic E-state index is 14.4. The molecule has 5 rings (SSSR count). The van der Waals surface area contributed by atoms with E-state index in [0.717, 1.165) is 70.6 Å². The molecule has 4 aliphatic heterocycles. The molecule has 12 unspecified atom stereocenters. The van der Waals surface area contributed by atoms with E-state index < -0.39 is 225 Å². The van der Waals surface area contributed by atoms with Crippen molar-refractivity contribution in [1.29, 1.82) is 0 Å². The van der Waals surface area contributed by atoms with Gasteiger partial charge in [0.15, 0.2) is 31.3 Å². The lowest BCUT2D eigenvalue weighted by atomic mass is 9.84. The molecule has 0 spiro atoms. The molecule has 0 aromatic carbocycles. The first-order chi connectivity index (χ1) is 46.8. The molecular formula is C64H117O33P. The van der Waals surface area contributed by atoms with E-state index >= 15 is 0 Å². The van der Waals surface area contributed by atoms with Crippen LogP contribution in [0.25, 0.3) is 0 Å². The number of unbranched alkanes of at least 4 members (excludes halogenated alkanes) is 23. The van der Waals surface area contributed by atoms with Crippen molar-refractivity contribution in [2.24, 2.45) is 0 Å². The van der Waals surface area contributed by atoms with Gasteiger partial charge in [0.25, 0.3) is 0 Å². The van der Waals surface area contributed by atoms with Gasteiger partial charge in [-0.2, -0.15) is 0 Å². The second-order valence-corrected chi connectivity index (χ2v) is 27.9. The van der Waals surface area contributed by atoms with Crippen molar-refractivity contribution in [2.75, 3.05) is 39.6 Å². The van der Waals surface area contributed by atoms with Crippen LogP contribution in [0.1, 0.15) is 187 Å². The minimum atomic E-state index is -5.81. The van der Waals surface area contributed by atoms with Crippen molar-refractivity contribution in [1.82, 2.24) is 0 Å². The van der Waals surface area contributed by atoms with Gasteiger partial charge < -0.3 is 139 Å². The second-order valence-electron chi connectivity index (χ2n) is 26.5. The Morgan fingerprint density at radius 3 is 1.05 bits per heavy atom. The molecule has 5 fully saturated rings. The Morgan fingerprint density at radius 1 is 0.367 bits per heavy atom. The predicted molar refractivity (Wildman–Crippen MR) is 338 cm³/mol. The summed E-state index contributed by atoms with van der Waals surface area (Å²) >= 11 is 0. The zero-order valence-corrected chi connectivity index (χ0v) is 57.4. The van der Waals surface area contributed by atoms with Crippen molar-refractivity contribution in [3.63, 3.8) is 0 Å². The molecule has 4 heterocycles. The van der Waals surface area contributed by atoms with Crippen LogP contribution >= 0.6 is 7.82 Å². The van der Waals surface area contributed by atoms with Crippen LogP contribution < -0.4 is 0 Å². The van der Waals surface area contributed by atoms with Gasteiger partial charge in [0.2, 0.25) is 0 Å². The van der Waals surface area contributed by atoms with Gasteiger partial charge in [0.05, 0.1) is 33.0 Å². The van der Waals surface area contributed by atoms with Crippen molar-refractivity contribution >= 4 is 19.8 Å². The number of phosphoric ester groups is 1. The lowest BCUT2D eigenvalue weighted by Gasteiger charge is -2.49. The van der Waals surface area contributed by atoms with Crippen molar-refractivity contribution in [3.05, 3.63) is 0 Å². The highest BCUT2D eigenvalue weighted by molar-refractivity contribution is 7.47. The third-order valence-electron chi connectivity index (χ3n) is 18.6. The largest absolute Gasteiger partial charge is 0.472 e. The first kappa shape index (κ1) is 86.7. The van der Waals surface area contributed by atoms with Crippen LogP contribution in [0, 0.1) is 0 Å². The molecule has 18 N–H and O–H groups in total. The summed E-state index contributed by atoms with van der Waals surface area (Å²) in [4.78, 5) is 38.0. The number of carbonyl (C=O) groups excluding carboxylic acids is 2. The number of aliphatic hydroxyl groups is 17. The Labute approximate surface area is 572 Å². The fourth-order valence-corrected chi connectivity index (χ4v) is 13.4. The van der Waals surface area contributed by atoms with Gasteiger partial charge in [0.1, 0.15) is 141 Å². The highest BCUT2D eigenvalue weighted by Crippen LogP contribution is 2.49. The number of esters is 2. The number of aliphatic hydroxyl groups excluding tert-OH is 17. The number of carbonyl (C=O) groups is 2. The van der Waals surface area contributed by atoms with Crippen LogP contribution in [0.3, 0.4) is 0 Å². The van der Waals surface area contributed by atoms with Gasteiger partial charge >= 0.3 is 19.8 Å². The molecule has 576 valence electrons. The topological polar surface area (TPSA) is 526 Å². The van der Waals surface area contributed by atoms with E-state index in [0.29, 0.717) is 19.3 Å². The van der Waals surface area contributed by atoms with Crippen molar-refractivity contribution < 1.29 is 162 Å². The number of phosphoric acid groups is 1. The zero-order chi connectivity index (χ0) is 72.1. The van der Waals surface area contributed by atoms with E-state index in [9.17, 15) is 106 Å². The monoisotopic (exact) mass is 1440 g/mol. The minimum Gasteiger partial charge on any atom is -0.462 e. The normalized spacial score (nSPS) is 37.1. The summed E-state index contributed by atoms with van der Waals surface area (Å²) in [5.41, 5.74) is 0. The van der Waals surface area contributed by atoms with Gasteiger partial charge in [-0.25, -0.2) is 4.57 Å². The molecular weight excluding hydrogens is 1330 g/mol. The molecule has 28 atom stereocenters. The Hall–Kier alpha value is -1.95. The molecule has 5 aliphatic rings. The smallest absolute Gasteiger partial charge is 0.462 e. The molecule has 0 amide bonds. The number of ether oxygens (including phenoxy) is 10. The summed E-state index contributed by atoms with van der Waals surface area (Å²) in [6.45, 7) is -0.927. The number of rotatable bonds is 47. The molecule has 34 heteroatoms. The summed E-state index contributed by atoms with van der Waals surface area (Å²) in [5.74, 6) is -1.44. The number of hydrogen-bond acceptors (Lipinski definition) is 32. The lowest BCUT2D eigenvalue weighted by Crippen LogP contribution is -2.69. The quantitative estimate of drug-likeness (QED) is 0.0190. The molecule has 1 aliphatic carbocycles. The summed E-state index contributed by atoms with van der Waals surface area (Å²) in [6, 6.07) is 0. The molecule has 98 heavy (non-hydrogen) atoms. The fraction of sp³-hybridized carbons (Fsp3) is 0.969. The highest BCUT2D eigenvalue weighted by atomic mass is 31.2. The SMILES string of the molecule is CCCCCCCCCCCCCCCCC(=O)OC[C@H](COP(=O)(O)O[C@@H]1C(O[C@@H]2OC(CO[C@@H]3OC(CO[C@@H]4OC(CO)[C@H](O)C(O)[C@@H]4O)[C@H](O)C(O)[C@@H]3O)[C@H](O)C(O)[C@@H]2O)C(O)[C@@H](O)C(O)[C@H]1O[C@H]1OC(CO)[C@@H](O)C(O)[C@H]1O)OC(=O)CCCCCCCCCCCCC. The number of hydrogen-bond donors (Lipinski definition) is 18.